The van der Waals surface area contributed by atoms with Crippen LogP contribution in [0.2, 0.25) is 0 Å². The van der Waals surface area contributed by atoms with Crippen molar-refractivity contribution in [3.05, 3.63) is 29.8 Å². The molecule has 3 heteroatoms. The number of piperidine rings is 1. The number of rotatable bonds is 1. The molecule has 15 heavy (non-hydrogen) atoms. The summed E-state index contributed by atoms with van der Waals surface area (Å²) in [6.07, 6.45) is 2.17. The van der Waals surface area contributed by atoms with Gasteiger partial charge in [-0.3, -0.25) is 0 Å². The zero-order valence-corrected chi connectivity index (χ0v) is 8.76. The molecule has 1 fully saturated rings. The number of anilines is 1. The zero-order chi connectivity index (χ0) is 10.8. The van der Waals surface area contributed by atoms with E-state index < -0.39 is 11.6 Å². The minimum atomic E-state index is -0.622. The van der Waals surface area contributed by atoms with Crippen molar-refractivity contribution in [3.8, 4) is 0 Å². The summed E-state index contributed by atoms with van der Waals surface area (Å²) in [5.41, 5.74) is 0.635. The molecular weight excluding hydrogens is 196 g/mol. The van der Waals surface area contributed by atoms with E-state index >= 15 is 0 Å². The second kappa shape index (κ2) is 4.17. The van der Waals surface area contributed by atoms with Gasteiger partial charge in [0.15, 0.2) is 0 Å². The number of hydrogen-bond donors (Lipinski definition) is 0. The summed E-state index contributed by atoms with van der Waals surface area (Å²) in [6.45, 7) is 3.96. The van der Waals surface area contributed by atoms with Crippen molar-refractivity contribution in [3.63, 3.8) is 0 Å². The van der Waals surface area contributed by atoms with E-state index in [9.17, 15) is 8.78 Å². The molecule has 1 heterocycles. The number of halogens is 2. The van der Waals surface area contributed by atoms with Crippen LogP contribution in [0.1, 0.15) is 19.8 Å². The van der Waals surface area contributed by atoms with Crippen molar-refractivity contribution in [2.45, 2.75) is 19.8 Å². The van der Waals surface area contributed by atoms with Gasteiger partial charge in [0.25, 0.3) is 0 Å². The van der Waals surface area contributed by atoms with Gasteiger partial charge < -0.3 is 4.90 Å². The van der Waals surface area contributed by atoms with Crippen LogP contribution in [0.4, 0.5) is 14.5 Å². The molecule has 1 aromatic rings. The van der Waals surface area contributed by atoms with Crippen LogP contribution < -0.4 is 4.90 Å². The minimum absolute atomic E-state index is 0.622. The third-order valence-corrected chi connectivity index (χ3v) is 2.94. The van der Waals surface area contributed by atoms with Crippen molar-refractivity contribution in [2.24, 2.45) is 5.92 Å². The summed E-state index contributed by atoms with van der Waals surface area (Å²) in [4.78, 5) is 2.03. The molecule has 1 aliphatic rings. The number of benzene rings is 1. The van der Waals surface area contributed by atoms with Gasteiger partial charge in [-0.25, -0.2) is 8.78 Å². The van der Waals surface area contributed by atoms with Gasteiger partial charge in [-0.15, -0.1) is 0 Å². The summed E-state index contributed by atoms with van der Waals surface area (Å²) in [7, 11) is 0. The van der Waals surface area contributed by atoms with E-state index in [-0.39, 0.29) is 0 Å². The van der Waals surface area contributed by atoms with E-state index in [0.29, 0.717) is 11.6 Å². The second-order valence-electron chi connectivity index (χ2n) is 4.20. The molecule has 0 atom stereocenters. The second-order valence-corrected chi connectivity index (χ2v) is 4.20. The van der Waals surface area contributed by atoms with Crippen LogP contribution >= 0.6 is 0 Å². The molecule has 0 N–H and O–H groups in total. The van der Waals surface area contributed by atoms with Crippen molar-refractivity contribution >= 4 is 5.69 Å². The largest absolute Gasteiger partial charge is 0.371 e. The predicted octanol–water partition coefficient (Wildman–Crippen LogP) is 3.00. The molecule has 81 valence electrons. The fraction of sp³-hybridized carbons (Fsp3) is 0.500. The lowest BCUT2D eigenvalue weighted by molar-refractivity contribution is 0.437. The van der Waals surface area contributed by atoms with Crippen molar-refractivity contribution < 1.29 is 8.78 Å². The van der Waals surface area contributed by atoms with Crippen molar-refractivity contribution in [1.29, 1.82) is 0 Å². The van der Waals surface area contributed by atoms with E-state index in [1.807, 2.05) is 11.0 Å². The smallest absolute Gasteiger partial charge is 0.136 e. The molecule has 0 unspecified atom stereocenters. The Labute approximate surface area is 88.7 Å². The van der Waals surface area contributed by atoms with Crippen LogP contribution in [0.25, 0.3) is 0 Å². The maximum atomic E-state index is 12.9. The molecule has 0 aromatic heterocycles. The molecule has 1 saturated heterocycles. The third-order valence-electron chi connectivity index (χ3n) is 2.94. The lowest BCUT2D eigenvalue weighted by Gasteiger charge is -2.32. The highest BCUT2D eigenvalue weighted by atomic mass is 19.1. The molecule has 0 spiro atoms. The van der Waals surface area contributed by atoms with E-state index in [0.717, 1.165) is 25.9 Å². The van der Waals surface area contributed by atoms with Crippen LogP contribution in [-0.2, 0) is 0 Å². The van der Waals surface area contributed by atoms with Gasteiger partial charge in [0.1, 0.15) is 11.6 Å². The summed E-state index contributed by atoms with van der Waals surface area (Å²) < 4.78 is 25.9. The average Bonchev–Trinajstić information content (AvgIpc) is 2.17. The molecule has 1 aromatic carbocycles. The van der Waals surface area contributed by atoms with Gasteiger partial charge in [-0.1, -0.05) is 6.92 Å². The first-order valence-corrected chi connectivity index (χ1v) is 5.28. The van der Waals surface area contributed by atoms with Gasteiger partial charge in [-0.05, 0) is 30.9 Å². The normalized spacial score (nSPS) is 18.2. The van der Waals surface area contributed by atoms with E-state index in [4.69, 9.17) is 0 Å². The number of nitrogens with zero attached hydrogens (tertiary/aromatic N) is 1. The Hall–Kier alpha value is -1.12. The standard InChI is InChI=1S/C12H14F2N/c1-9-2-4-15(5-3-9)12-7-10(13)6-11(14)8-12/h7-9H,2-5H2,1H3. The van der Waals surface area contributed by atoms with Gasteiger partial charge in [0.05, 0.1) is 6.07 Å². The first-order chi connectivity index (χ1) is 7.15. The maximum absolute atomic E-state index is 12.9. The highest BCUT2D eigenvalue weighted by molar-refractivity contribution is 5.46. The molecule has 1 radical (unpaired) electrons. The molecule has 2 rings (SSSR count). The molecule has 1 aliphatic heterocycles. The minimum Gasteiger partial charge on any atom is -0.371 e. The summed E-state index contributed by atoms with van der Waals surface area (Å²) >= 11 is 0. The summed E-state index contributed by atoms with van der Waals surface area (Å²) in [5.74, 6) is -0.529. The van der Waals surface area contributed by atoms with Crippen LogP contribution in [0.3, 0.4) is 0 Å². The van der Waals surface area contributed by atoms with Crippen LogP contribution in [0, 0.1) is 23.6 Å². The Bertz CT molecular complexity index is 323. The Morgan fingerprint density at radius 3 is 2.27 bits per heavy atom. The Balaban J connectivity index is 2.15. The Kier molecular flexibility index (Phi) is 2.89. The molecule has 0 amide bonds. The molecule has 0 aliphatic carbocycles. The zero-order valence-electron chi connectivity index (χ0n) is 8.76. The topological polar surface area (TPSA) is 3.24 Å². The monoisotopic (exact) mass is 210 g/mol. The lowest BCUT2D eigenvalue weighted by atomic mass is 9.99. The fourth-order valence-electron chi connectivity index (χ4n) is 1.94. The summed E-state index contributed by atoms with van der Waals surface area (Å²) in [5, 5.41) is 0. The van der Waals surface area contributed by atoms with Gasteiger partial charge in [0.2, 0.25) is 0 Å². The Morgan fingerprint density at radius 1 is 1.20 bits per heavy atom. The van der Waals surface area contributed by atoms with Crippen LogP contribution in [-0.4, -0.2) is 13.1 Å². The van der Waals surface area contributed by atoms with Crippen molar-refractivity contribution in [1.82, 2.24) is 0 Å². The molecule has 0 bridgehead atoms. The first kappa shape index (κ1) is 10.4. The van der Waals surface area contributed by atoms with Gasteiger partial charge in [0, 0.05) is 18.8 Å². The molecule has 1 nitrogen and oxygen atoms in total. The van der Waals surface area contributed by atoms with E-state index in [1.165, 1.54) is 12.1 Å². The number of hydrogen-bond acceptors (Lipinski definition) is 1. The maximum Gasteiger partial charge on any atom is 0.136 e. The fourth-order valence-corrected chi connectivity index (χ4v) is 1.94. The molecule has 0 saturated carbocycles. The van der Waals surface area contributed by atoms with E-state index in [1.54, 1.807) is 0 Å². The first-order valence-electron chi connectivity index (χ1n) is 5.28. The van der Waals surface area contributed by atoms with E-state index in [2.05, 4.69) is 6.92 Å². The predicted molar refractivity (Wildman–Crippen MR) is 55.8 cm³/mol. The average molecular weight is 210 g/mol. The highest BCUT2D eigenvalue weighted by Gasteiger charge is 2.16. The van der Waals surface area contributed by atoms with Crippen LogP contribution in [0.5, 0.6) is 0 Å². The van der Waals surface area contributed by atoms with Crippen molar-refractivity contribution in [2.75, 3.05) is 18.0 Å². The lowest BCUT2D eigenvalue weighted by Crippen LogP contribution is -2.32. The van der Waals surface area contributed by atoms with Crippen LogP contribution in [0.15, 0.2) is 12.1 Å². The quantitative estimate of drug-likeness (QED) is 0.688. The highest BCUT2D eigenvalue weighted by Crippen LogP contribution is 2.24. The summed E-state index contributed by atoms with van der Waals surface area (Å²) in [6, 6.07) is 4.69. The third kappa shape index (κ3) is 2.46. The SMILES string of the molecule is CC1CCN(c2cc(F)[c]c(F)c2)CC1. The Morgan fingerprint density at radius 2 is 1.73 bits per heavy atom. The molecular formula is C12H14F2N. The van der Waals surface area contributed by atoms with Gasteiger partial charge >= 0.3 is 0 Å². The van der Waals surface area contributed by atoms with Gasteiger partial charge in [-0.2, -0.15) is 0 Å².